The van der Waals surface area contributed by atoms with E-state index in [4.69, 9.17) is 0 Å². The van der Waals surface area contributed by atoms with Gasteiger partial charge in [0.2, 0.25) is 0 Å². The highest BCUT2D eigenvalue weighted by molar-refractivity contribution is 9.10. The topological polar surface area (TPSA) is 20.3 Å². The SMILES string of the molecule is O=C(c1ccc(F)cc1Br)N1CCCCC1CCBr. The van der Waals surface area contributed by atoms with Crippen LogP contribution in [0.25, 0.3) is 0 Å². The fourth-order valence-electron chi connectivity index (χ4n) is 2.51. The smallest absolute Gasteiger partial charge is 0.255 e. The molecule has 0 spiro atoms. The van der Waals surface area contributed by atoms with Crippen LogP contribution >= 0.6 is 31.9 Å². The Balaban J connectivity index is 2.21. The van der Waals surface area contributed by atoms with Crippen molar-refractivity contribution >= 4 is 37.8 Å². The summed E-state index contributed by atoms with van der Waals surface area (Å²) < 4.78 is 13.6. The van der Waals surface area contributed by atoms with Crippen molar-refractivity contribution in [2.24, 2.45) is 0 Å². The zero-order valence-corrected chi connectivity index (χ0v) is 13.7. The molecule has 0 aromatic heterocycles. The molecule has 0 aliphatic carbocycles. The minimum atomic E-state index is -0.334. The van der Waals surface area contributed by atoms with Gasteiger partial charge in [-0.15, -0.1) is 0 Å². The molecule has 104 valence electrons. The summed E-state index contributed by atoms with van der Waals surface area (Å²) in [4.78, 5) is 14.5. The number of halogens is 3. The number of nitrogens with zero attached hydrogens (tertiary/aromatic N) is 1. The van der Waals surface area contributed by atoms with Crippen molar-refractivity contribution in [3.05, 3.63) is 34.1 Å². The van der Waals surface area contributed by atoms with Gasteiger partial charge in [-0.25, -0.2) is 4.39 Å². The molecule has 1 fully saturated rings. The molecule has 2 nitrogen and oxygen atoms in total. The van der Waals surface area contributed by atoms with Crippen molar-refractivity contribution in [3.63, 3.8) is 0 Å². The molecular formula is C14H16Br2FNO. The van der Waals surface area contributed by atoms with E-state index in [0.29, 0.717) is 10.0 Å². The normalized spacial score (nSPS) is 19.5. The highest BCUT2D eigenvalue weighted by atomic mass is 79.9. The maximum Gasteiger partial charge on any atom is 0.255 e. The number of likely N-dealkylation sites (tertiary alicyclic amines) is 1. The summed E-state index contributed by atoms with van der Waals surface area (Å²) in [6, 6.07) is 4.53. The molecule has 1 unspecified atom stereocenters. The molecule has 1 aliphatic rings. The lowest BCUT2D eigenvalue weighted by atomic mass is 9.99. The van der Waals surface area contributed by atoms with Crippen LogP contribution in [0.4, 0.5) is 4.39 Å². The summed E-state index contributed by atoms with van der Waals surface area (Å²) in [7, 11) is 0. The number of carbonyl (C=O) groups is 1. The Morgan fingerprint density at radius 3 is 2.89 bits per heavy atom. The van der Waals surface area contributed by atoms with Crippen molar-refractivity contribution in [2.45, 2.75) is 31.7 Å². The number of hydrogen-bond donors (Lipinski definition) is 0. The lowest BCUT2D eigenvalue weighted by Gasteiger charge is -2.35. The number of benzene rings is 1. The minimum absolute atomic E-state index is 0.00229. The lowest BCUT2D eigenvalue weighted by molar-refractivity contribution is 0.0609. The Morgan fingerprint density at radius 1 is 1.42 bits per heavy atom. The van der Waals surface area contributed by atoms with Gasteiger partial charge in [0.25, 0.3) is 5.91 Å². The number of amides is 1. The monoisotopic (exact) mass is 391 g/mol. The first-order chi connectivity index (χ1) is 9.13. The van der Waals surface area contributed by atoms with Gasteiger partial charge in [0.1, 0.15) is 5.82 Å². The van der Waals surface area contributed by atoms with Gasteiger partial charge < -0.3 is 4.90 Å². The first-order valence-corrected chi connectivity index (χ1v) is 8.37. The minimum Gasteiger partial charge on any atom is -0.336 e. The first-order valence-electron chi connectivity index (χ1n) is 6.45. The largest absolute Gasteiger partial charge is 0.336 e. The number of hydrogen-bond acceptors (Lipinski definition) is 1. The van der Waals surface area contributed by atoms with Gasteiger partial charge in [-0.2, -0.15) is 0 Å². The van der Waals surface area contributed by atoms with E-state index < -0.39 is 0 Å². The molecular weight excluding hydrogens is 377 g/mol. The average molecular weight is 393 g/mol. The van der Waals surface area contributed by atoms with Crippen molar-refractivity contribution in [1.82, 2.24) is 4.90 Å². The van der Waals surface area contributed by atoms with E-state index in [-0.39, 0.29) is 17.8 Å². The van der Waals surface area contributed by atoms with Crippen LogP contribution < -0.4 is 0 Å². The predicted octanol–water partition coefficient (Wildman–Crippen LogP) is 4.37. The van der Waals surface area contributed by atoms with Crippen LogP contribution in [0.2, 0.25) is 0 Å². The number of piperidine rings is 1. The summed E-state index contributed by atoms with van der Waals surface area (Å²) >= 11 is 6.72. The second kappa shape index (κ2) is 6.84. The first kappa shape index (κ1) is 15.0. The lowest BCUT2D eigenvalue weighted by Crippen LogP contribution is -2.44. The molecule has 0 N–H and O–H groups in total. The second-order valence-corrected chi connectivity index (χ2v) is 6.40. The van der Waals surface area contributed by atoms with Gasteiger partial charge in [0.05, 0.1) is 5.56 Å². The molecule has 0 radical (unpaired) electrons. The van der Waals surface area contributed by atoms with Crippen molar-refractivity contribution in [1.29, 1.82) is 0 Å². The molecule has 1 aliphatic heterocycles. The van der Waals surface area contributed by atoms with Gasteiger partial charge in [-0.05, 0) is 59.8 Å². The van der Waals surface area contributed by atoms with Crippen LogP contribution in [0, 0.1) is 5.82 Å². The van der Waals surface area contributed by atoms with E-state index >= 15 is 0 Å². The standard InChI is InChI=1S/C14H16Br2FNO/c15-7-6-11-3-1-2-8-18(11)14(19)12-5-4-10(17)9-13(12)16/h4-5,9,11H,1-3,6-8H2. The van der Waals surface area contributed by atoms with Gasteiger partial charge in [-0.1, -0.05) is 15.9 Å². The second-order valence-electron chi connectivity index (χ2n) is 4.75. The Hall–Kier alpha value is -0.420. The van der Waals surface area contributed by atoms with Crippen LogP contribution in [0.15, 0.2) is 22.7 Å². The Kier molecular flexibility index (Phi) is 5.39. The van der Waals surface area contributed by atoms with E-state index in [9.17, 15) is 9.18 Å². The maximum atomic E-state index is 13.1. The van der Waals surface area contributed by atoms with Gasteiger partial charge >= 0.3 is 0 Å². The summed E-state index contributed by atoms with van der Waals surface area (Å²) in [5.74, 6) is -0.336. The van der Waals surface area contributed by atoms with E-state index in [1.165, 1.54) is 18.6 Å². The average Bonchev–Trinajstić information content (AvgIpc) is 2.39. The zero-order valence-electron chi connectivity index (χ0n) is 10.5. The summed E-state index contributed by atoms with van der Waals surface area (Å²) in [6.45, 7) is 0.792. The van der Waals surface area contributed by atoms with Crippen LogP contribution in [0.5, 0.6) is 0 Å². The van der Waals surface area contributed by atoms with E-state index in [2.05, 4.69) is 31.9 Å². The molecule has 0 saturated carbocycles. The molecule has 1 atom stereocenters. The highest BCUT2D eigenvalue weighted by Crippen LogP contribution is 2.26. The molecule has 0 bridgehead atoms. The van der Waals surface area contributed by atoms with E-state index in [0.717, 1.165) is 31.1 Å². The van der Waals surface area contributed by atoms with Crippen LogP contribution in [-0.4, -0.2) is 28.7 Å². The molecule has 1 aromatic carbocycles. The molecule has 1 heterocycles. The predicted molar refractivity (Wildman–Crippen MR) is 81.2 cm³/mol. The van der Waals surface area contributed by atoms with Crippen molar-refractivity contribution < 1.29 is 9.18 Å². The third kappa shape index (κ3) is 3.57. The number of rotatable bonds is 3. The molecule has 19 heavy (non-hydrogen) atoms. The molecule has 1 aromatic rings. The van der Waals surface area contributed by atoms with Crippen LogP contribution in [0.3, 0.4) is 0 Å². The van der Waals surface area contributed by atoms with Gasteiger partial charge in [0, 0.05) is 22.4 Å². The van der Waals surface area contributed by atoms with Gasteiger partial charge in [0.15, 0.2) is 0 Å². The number of carbonyl (C=O) groups excluding carboxylic acids is 1. The van der Waals surface area contributed by atoms with E-state index in [1.54, 1.807) is 6.07 Å². The Bertz CT molecular complexity index is 465. The summed E-state index contributed by atoms with van der Waals surface area (Å²) in [6.07, 6.45) is 4.23. The van der Waals surface area contributed by atoms with Crippen molar-refractivity contribution in [2.75, 3.05) is 11.9 Å². The highest BCUT2D eigenvalue weighted by Gasteiger charge is 2.27. The van der Waals surface area contributed by atoms with Crippen molar-refractivity contribution in [3.8, 4) is 0 Å². The molecule has 1 amide bonds. The van der Waals surface area contributed by atoms with E-state index in [1.807, 2.05) is 4.90 Å². The third-order valence-corrected chi connectivity index (χ3v) is 4.61. The summed E-state index contributed by atoms with van der Waals surface area (Å²) in [5.41, 5.74) is 0.544. The number of alkyl halides is 1. The molecule has 5 heteroatoms. The van der Waals surface area contributed by atoms with Gasteiger partial charge in [-0.3, -0.25) is 4.79 Å². The fraction of sp³-hybridized carbons (Fsp3) is 0.500. The van der Waals surface area contributed by atoms with Crippen LogP contribution in [0.1, 0.15) is 36.0 Å². The fourth-order valence-corrected chi connectivity index (χ4v) is 3.56. The summed E-state index contributed by atoms with van der Waals surface area (Å²) in [5, 5.41) is 0.895. The molecule has 2 rings (SSSR count). The Labute approximate surface area is 129 Å². The zero-order chi connectivity index (χ0) is 13.8. The third-order valence-electron chi connectivity index (χ3n) is 3.49. The molecule has 1 saturated heterocycles. The Morgan fingerprint density at radius 2 is 2.21 bits per heavy atom. The maximum absolute atomic E-state index is 13.1. The van der Waals surface area contributed by atoms with Crippen LogP contribution in [-0.2, 0) is 0 Å². The quantitative estimate of drug-likeness (QED) is 0.699.